The van der Waals surface area contributed by atoms with Crippen LogP contribution in [0.3, 0.4) is 0 Å². The monoisotopic (exact) mass is 556 g/mol. The van der Waals surface area contributed by atoms with Crippen molar-refractivity contribution >= 4 is 0 Å². The molecule has 0 unspecified atom stereocenters. The minimum absolute atomic E-state index is 0. The molecule has 3 aromatic heterocycles. The van der Waals surface area contributed by atoms with E-state index >= 15 is 0 Å². The first-order valence-corrected chi connectivity index (χ1v) is 4.84. The van der Waals surface area contributed by atoms with Gasteiger partial charge in [-0.1, -0.05) is 9.97 Å². The molecule has 110 valence electrons. The molecule has 0 aliphatic rings. The summed E-state index contributed by atoms with van der Waals surface area (Å²) in [4.78, 5) is 14.3. The Morgan fingerprint density at radius 2 is 1.19 bits per heavy atom. The van der Waals surface area contributed by atoms with Gasteiger partial charge in [0.2, 0.25) is 0 Å². The zero-order chi connectivity index (χ0) is 10.8. The van der Waals surface area contributed by atoms with E-state index < -0.39 is 0 Å². The number of halogens is 4. The van der Waals surface area contributed by atoms with Crippen LogP contribution in [0.5, 0.6) is 0 Å². The number of H-pyrrole nitrogens is 2. The maximum Gasteiger partial charge on any atom is 2.00 e. The van der Waals surface area contributed by atoms with Crippen LogP contribution < -0.4 is 58.8 Å². The van der Waals surface area contributed by atoms with Gasteiger partial charge in [0, 0.05) is 0 Å². The molecule has 11 heteroatoms. The molecule has 0 bridgehead atoms. The van der Waals surface area contributed by atoms with E-state index in [1.807, 2.05) is 52.6 Å². The van der Waals surface area contributed by atoms with E-state index in [9.17, 15) is 0 Å². The molecule has 0 radical (unpaired) electrons. The molecule has 2 N–H and O–H groups in total. The van der Waals surface area contributed by atoms with E-state index in [4.69, 9.17) is 0 Å². The third-order valence-electron chi connectivity index (χ3n) is 2.26. The van der Waals surface area contributed by atoms with E-state index in [-0.39, 0.29) is 77.3 Å². The molecule has 0 atom stereocenters. The number of imidazole rings is 2. The van der Waals surface area contributed by atoms with Gasteiger partial charge in [-0.25, -0.2) is 9.13 Å². The predicted octanol–water partition coefficient (Wildman–Crippen LogP) is -12.3. The van der Waals surface area contributed by atoms with Crippen LogP contribution >= 0.6 is 0 Å². The van der Waals surface area contributed by atoms with E-state index in [2.05, 4.69) is 19.9 Å². The first kappa shape index (κ1) is 25.5. The second kappa shape index (κ2) is 12.2. The third kappa shape index (κ3) is 6.08. The van der Waals surface area contributed by atoms with Crippen LogP contribution in [0.1, 0.15) is 0 Å². The summed E-state index contributed by atoms with van der Waals surface area (Å²) in [6.45, 7) is 0. The first-order valence-electron chi connectivity index (χ1n) is 4.84. The van der Waals surface area contributed by atoms with Crippen molar-refractivity contribution in [2.75, 3.05) is 0 Å². The second-order valence-corrected chi connectivity index (χ2v) is 3.27. The Kier molecular flexibility index (Phi) is 14.8. The van der Waals surface area contributed by atoms with Crippen molar-refractivity contribution in [2.45, 2.75) is 0 Å². The van der Waals surface area contributed by atoms with Gasteiger partial charge in [0.1, 0.15) is 12.4 Å². The first-order chi connectivity index (χ1) is 7.93. The standard InChI is InChI=1S/C10H8N6.4ClH.Hg/c1-3-15(7-11-1)9-5-10(14-6-13-9)16-4-2-12-8-16;;;;;/h1-8H;4*1H;/q;;;;;+2/p-2. The maximum atomic E-state index is 4.20. The van der Waals surface area contributed by atoms with Gasteiger partial charge in [0.25, 0.3) is 18.0 Å². The summed E-state index contributed by atoms with van der Waals surface area (Å²) in [6, 6.07) is 1.90. The Bertz CT molecular complexity index is 540. The molecular weight excluding hydrogens is 547 g/mol. The van der Waals surface area contributed by atoms with Crippen LogP contribution in [0.2, 0.25) is 0 Å². The fraction of sp³-hybridized carbons (Fsp3) is 0. The van der Waals surface area contributed by atoms with E-state index in [1.54, 1.807) is 6.33 Å². The van der Waals surface area contributed by atoms with Crippen molar-refractivity contribution in [1.29, 1.82) is 0 Å². The summed E-state index contributed by atoms with van der Waals surface area (Å²) in [6.07, 6.45) is 12.7. The number of hydrogen-bond donors (Lipinski definition) is 2. The zero-order valence-corrected chi connectivity index (χ0v) is 19.1. The molecule has 0 fully saturated rings. The Hall–Kier alpha value is -0.405. The Balaban J connectivity index is -0.000000648. The zero-order valence-electron chi connectivity index (χ0n) is 10.6. The van der Waals surface area contributed by atoms with E-state index in [0.717, 1.165) is 11.6 Å². The van der Waals surface area contributed by atoms with Gasteiger partial charge < -0.3 is 49.6 Å². The predicted molar refractivity (Wildman–Crippen MR) is 53.8 cm³/mol. The summed E-state index contributed by atoms with van der Waals surface area (Å²) in [5.41, 5.74) is 0. The minimum atomic E-state index is 0. The molecule has 6 nitrogen and oxygen atoms in total. The molecule has 0 amide bonds. The van der Waals surface area contributed by atoms with Gasteiger partial charge >= 0.3 is 27.7 Å². The number of aromatic nitrogens is 6. The maximum absolute atomic E-state index is 4.20. The fourth-order valence-corrected chi connectivity index (χ4v) is 1.48. The molecule has 0 aromatic carbocycles. The Labute approximate surface area is 167 Å². The molecule has 0 saturated heterocycles. The molecule has 3 rings (SSSR count). The summed E-state index contributed by atoms with van der Waals surface area (Å²) >= 11 is 0. The van der Waals surface area contributed by atoms with Crippen LogP contribution in [-0.2, 0) is 27.7 Å². The largest absolute Gasteiger partial charge is 2.00 e. The van der Waals surface area contributed by atoms with Crippen LogP contribution in [0.4, 0.5) is 0 Å². The molecule has 0 spiro atoms. The fourth-order valence-electron chi connectivity index (χ4n) is 1.48. The molecule has 3 aromatic rings. The molecular formula is C10H10Cl4HgN6. The van der Waals surface area contributed by atoms with Gasteiger partial charge in [0.15, 0.2) is 12.7 Å². The summed E-state index contributed by atoms with van der Waals surface area (Å²) < 4.78 is 3.77. The van der Waals surface area contributed by atoms with Crippen molar-refractivity contribution < 1.29 is 86.4 Å². The summed E-state index contributed by atoms with van der Waals surface area (Å²) in [7, 11) is 0. The van der Waals surface area contributed by atoms with Gasteiger partial charge in [0.05, 0.1) is 18.5 Å². The van der Waals surface area contributed by atoms with Crippen LogP contribution in [0.15, 0.2) is 49.8 Å². The molecule has 21 heavy (non-hydrogen) atoms. The minimum Gasteiger partial charge on any atom is -1.00 e. The number of nitrogens with one attached hydrogen (secondary N) is 2. The molecule has 3 heterocycles. The van der Waals surface area contributed by atoms with Crippen molar-refractivity contribution in [3.05, 3.63) is 49.8 Å². The smallest absolute Gasteiger partial charge is 1.00 e. The number of nitrogens with zero attached hydrogens (tertiary/aromatic N) is 4. The van der Waals surface area contributed by atoms with Gasteiger partial charge in [-0.3, -0.25) is 9.97 Å². The third-order valence-corrected chi connectivity index (χ3v) is 2.26. The van der Waals surface area contributed by atoms with Gasteiger partial charge in [-0.15, -0.1) is 0 Å². The normalized spacial score (nSPS) is 8.00. The van der Waals surface area contributed by atoms with Crippen molar-refractivity contribution in [3.8, 4) is 11.6 Å². The number of hydrogen-bond acceptors (Lipinski definition) is 2. The average Bonchev–Trinajstić information content (AvgIpc) is 3.03. The van der Waals surface area contributed by atoms with Gasteiger partial charge in [-0.05, 0) is 0 Å². The number of aromatic amines is 2. The average molecular weight is 557 g/mol. The number of rotatable bonds is 2. The molecule has 0 aliphatic heterocycles. The molecule has 0 aliphatic carbocycles. The second-order valence-electron chi connectivity index (χ2n) is 3.27. The van der Waals surface area contributed by atoms with Crippen molar-refractivity contribution in [1.82, 2.24) is 19.9 Å². The van der Waals surface area contributed by atoms with Crippen LogP contribution in [0, 0.1) is 0 Å². The summed E-state index contributed by atoms with van der Waals surface area (Å²) in [5, 5.41) is 0. The summed E-state index contributed by atoms with van der Waals surface area (Å²) in [5.74, 6) is 1.64. The van der Waals surface area contributed by atoms with Crippen LogP contribution in [-0.4, -0.2) is 19.9 Å². The van der Waals surface area contributed by atoms with Crippen molar-refractivity contribution in [3.63, 3.8) is 0 Å². The SMILES string of the molecule is [Cl-].[Cl-].[Cl-].[Cl-].[Hg+2].c1nc(-[n+]2cc[nH]c2)cc(-[n+]2cc[nH]c2)n1. The van der Waals surface area contributed by atoms with E-state index in [0.29, 0.717) is 0 Å². The van der Waals surface area contributed by atoms with Gasteiger partial charge in [-0.2, -0.15) is 0 Å². The topological polar surface area (TPSA) is 65.1 Å². The quantitative estimate of drug-likeness (QED) is 0.243. The Morgan fingerprint density at radius 3 is 1.52 bits per heavy atom. The van der Waals surface area contributed by atoms with Crippen molar-refractivity contribution in [2.24, 2.45) is 0 Å². The van der Waals surface area contributed by atoms with E-state index in [1.165, 1.54) is 0 Å². The molecule has 0 saturated carbocycles. The van der Waals surface area contributed by atoms with Crippen LogP contribution in [0.25, 0.3) is 11.6 Å². The Morgan fingerprint density at radius 1 is 0.762 bits per heavy atom.